The van der Waals surface area contributed by atoms with E-state index >= 15 is 0 Å². The van der Waals surface area contributed by atoms with Gasteiger partial charge in [0.05, 0.1) is 16.8 Å². The first-order valence-corrected chi connectivity index (χ1v) is 10.7. The van der Waals surface area contributed by atoms with E-state index in [4.69, 9.17) is 9.73 Å². The smallest absolute Gasteiger partial charge is 0.191 e. The molecule has 1 aromatic carbocycles. The fourth-order valence-electron chi connectivity index (χ4n) is 3.42. The van der Waals surface area contributed by atoms with Crippen molar-refractivity contribution >= 4 is 41.3 Å². The molecule has 1 fully saturated rings. The Morgan fingerprint density at radius 3 is 2.82 bits per heavy atom. The van der Waals surface area contributed by atoms with Gasteiger partial charge in [0.1, 0.15) is 0 Å². The van der Waals surface area contributed by atoms with Gasteiger partial charge in [-0.3, -0.25) is 4.99 Å². The van der Waals surface area contributed by atoms with E-state index in [1.807, 2.05) is 6.92 Å². The summed E-state index contributed by atoms with van der Waals surface area (Å²) in [4.78, 5) is 9.36. The van der Waals surface area contributed by atoms with Crippen LogP contribution in [0.25, 0.3) is 0 Å². The van der Waals surface area contributed by atoms with Crippen LogP contribution in [0.4, 0.5) is 0 Å². The maximum absolute atomic E-state index is 6.09. The van der Waals surface area contributed by atoms with Crippen LogP contribution >= 0.6 is 35.3 Å². The van der Waals surface area contributed by atoms with Crippen molar-refractivity contribution in [1.29, 1.82) is 0 Å². The topological polar surface area (TPSA) is 58.5 Å². The first-order valence-electron chi connectivity index (χ1n) is 9.86. The average molecular weight is 514 g/mol. The van der Waals surface area contributed by atoms with E-state index in [1.54, 1.807) is 11.3 Å². The molecule has 7 heteroatoms. The highest BCUT2D eigenvalue weighted by atomic mass is 127. The van der Waals surface area contributed by atoms with Gasteiger partial charge in [-0.25, -0.2) is 4.98 Å². The molecule has 0 saturated carbocycles. The SMILES string of the molecule is CCNC(=NCC1CCCOC1c1ccccc1)NCCc1csc(C)n1.I. The molecule has 1 aliphatic rings. The standard InChI is InChI=1S/C21H30N4OS.HI/c1-3-22-21(23-12-11-19-15-27-16(2)25-19)24-14-18-10-7-13-26-20(18)17-8-5-4-6-9-17;/h4-6,8-9,15,18,20H,3,7,10-14H2,1-2H3,(H2,22,23,24);1H. The number of hydrogen-bond acceptors (Lipinski definition) is 4. The summed E-state index contributed by atoms with van der Waals surface area (Å²) in [6, 6.07) is 10.5. The Kier molecular flexibility index (Phi) is 10.2. The monoisotopic (exact) mass is 514 g/mol. The second-order valence-corrected chi connectivity index (χ2v) is 7.92. The molecule has 2 N–H and O–H groups in total. The lowest BCUT2D eigenvalue weighted by molar-refractivity contribution is -0.0250. The van der Waals surface area contributed by atoms with E-state index in [0.29, 0.717) is 5.92 Å². The minimum Gasteiger partial charge on any atom is -0.373 e. The van der Waals surface area contributed by atoms with Gasteiger partial charge >= 0.3 is 0 Å². The third kappa shape index (κ3) is 7.00. The second-order valence-electron chi connectivity index (χ2n) is 6.86. The number of ether oxygens (including phenoxy) is 1. The van der Waals surface area contributed by atoms with Crippen molar-refractivity contribution in [3.63, 3.8) is 0 Å². The van der Waals surface area contributed by atoms with Crippen LogP contribution in [0.2, 0.25) is 0 Å². The van der Waals surface area contributed by atoms with Gasteiger partial charge in [-0.15, -0.1) is 35.3 Å². The van der Waals surface area contributed by atoms with E-state index < -0.39 is 0 Å². The van der Waals surface area contributed by atoms with E-state index in [1.165, 1.54) is 5.56 Å². The molecule has 1 aliphatic heterocycles. The first-order chi connectivity index (χ1) is 13.3. The number of hydrogen-bond donors (Lipinski definition) is 2. The number of aryl methyl sites for hydroxylation is 1. The Bertz CT molecular complexity index is 722. The largest absolute Gasteiger partial charge is 0.373 e. The molecule has 0 spiro atoms. The number of benzene rings is 1. The molecule has 0 aliphatic carbocycles. The summed E-state index contributed by atoms with van der Waals surface area (Å²) in [5.41, 5.74) is 2.40. The molecule has 3 rings (SSSR count). The molecule has 2 unspecified atom stereocenters. The molecule has 2 heterocycles. The van der Waals surface area contributed by atoms with Gasteiger partial charge in [-0.1, -0.05) is 30.3 Å². The molecule has 0 bridgehead atoms. The zero-order chi connectivity index (χ0) is 18.9. The van der Waals surface area contributed by atoms with Gasteiger partial charge in [0.2, 0.25) is 0 Å². The molecule has 0 radical (unpaired) electrons. The van der Waals surface area contributed by atoms with Crippen LogP contribution < -0.4 is 10.6 Å². The summed E-state index contributed by atoms with van der Waals surface area (Å²) in [7, 11) is 0. The Hall–Kier alpha value is -1.19. The third-order valence-electron chi connectivity index (χ3n) is 4.74. The summed E-state index contributed by atoms with van der Waals surface area (Å²) in [5.74, 6) is 1.29. The molecule has 2 atom stereocenters. The van der Waals surface area contributed by atoms with Crippen LogP contribution in [-0.4, -0.2) is 37.2 Å². The normalized spacial score (nSPS) is 19.7. The quantitative estimate of drug-likeness (QED) is 0.328. The van der Waals surface area contributed by atoms with Crippen molar-refractivity contribution in [2.24, 2.45) is 10.9 Å². The Morgan fingerprint density at radius 1 is 1.29 bits per heavy atom. The zero-order valence-electron chi connectivity index (χ0n) is 16.7. The van der Waals surface area contributed by atoms with Crippen LogP contribution in [0.3, 0.4) is 0 Å². The van der Waals surface area contributed by atoms with E-state index in [-0.39, 0.29) is 30.1 Å². The fraction of sp³-hybridized carbons (Fsp3) is 0.524. The fourth-order valence-corrected chi connectivity index (χ4v) is 4.07. The van der Waals surface area contributed by atoms with Crippen LogP contribution in [0.5, 0.6) is 0 Å². The highest BCUT2D eigenvalue weighted by Crippen LogP contribution is 2.33. The first kappa shape index (κ1) is 23.1. The van der Waals surface area contributed by atoms with Gasteiger partial charge in [-0.05, 0) is 32.3 Å². The molecule has 2 aromatic rings. The maximum Gasteiger partial charge on any atom is 0.191 e. The van der Waals surface area contributed by atoms with Crippen molar-refractivity contribution in [2.75, 3.05) is 26.2 Å². The van der Waals surface area contributed by atoms with Crippen LogP contribution in [-0.2, 0) is 11.2 Å². The summed E-state index contributed by atoms with van der Waals surface area (Å²) < 4.78 is 6.09. The van der Waals surface area contributed by atoms with Gasteiger partial charge in [0.25, 0.3) is 0 Å². The molecule has 1 saturated heterocycles. The Balaban J connectivity index is 0.00000280. The van der Waals surface area contributed by atoms with Crippen LogP contribution in [0.15, 0.2) is 40.7 Å². The Labute approximate surface area is 189 Å². The van der Waals surface area contributed by atoms with Crippen molar-refractivity contribution in [3.8, 4) is 0 Å². The summed E-state index contributed by atoms with van der Waals surface area (Å²) in [6.07, 6.45) is 3.31. The van der Waals surface area contributed by atoms with Gasteiger partial charge in [-0.2, -0.15) is 0 Å². The number of thiazole rings is 1. The average Bonchev–Trinajstić information content (AvgIpc) is 3.12. The highest BCUT2D eigenvalue weighted by Gasteiger charge is 2.27. The Morgan fingerprint density at radius 2 is 2.11 bits per heavy atom. The maximum atomic E-state index is 6.09. The molecule has 1 aromatic heterocycles. The van der Waals surface area contributed by atoms with Crippen molar-refractivity contribution in [3.05, 3.63) is 52.0 Å². The van der Waals surface area contributed by atoms with E-state index in [9.17, 15) is 0 Å². The third-order valence-corrected chi connectivity index (χ3v) is 5.56. The summed E-state index contributed by atoms with van der Waals surface area (Å²) in [5, 5.41) is 10.0. The lowest BCUT2D eigenvalue weighted by Crippen LogP contribution is -2.39. The molecular formula is C21H31IN4OS. The van der Waals surface area contributed by atoms with Gasteiger partial charge < -0.3 is 15.4 Å². The second kappa shape index (κ2) is 12.4. The number of halogens is 1. The number of aliphatic imine (C=N–C) groups is 1. The van der Waals surface area contributed by atoms with Crippen LogP contribution in [0.1, 0.15) is 42.1 Å². The number of nitrogens with zero attached hydrogens (tertiary/aromatic N) is 2. The molecule has 154 valence electrons. The minimum absolute atomic E-state index is 0. The molecule has 28 heavy (non-hydrogen) atoms. The van der Waals surface area contributed by atoms with E-state index in [0.717, 1.165) is 62.2 Å². The van der Waals surface area contributed by atoms with Crippen molar-refractivity contribution in [2.45, 2.75) is 39.2 Å². The number of nitrogens with one attached hydrogen (secondary N) is 2. The van der Waals surface area contributed by atoms with Crippen molar-refractivity contribution in [1.82, 2.24) is 15.6 Å². The van der Waals surface area contributed by atoms with Gasteiger partial charge in [0.15, 0.2) is 5.96 Å². The molecule has 0 amide bonds. The summed E-state index contributed by atoms with van der Waals surface area (Å²) in [6.45, 7) is 7.43. The lowest BCUT2D eigenvalue weighted by atomic mass is 9.89. The number of aromatic nitrogens is 1. The highest BCUT2D eigenvalue weighted by molar-refractivity contribution is 14.0. The van der Waals surface area contributed by atoms with Gasteiger partial charge in [0, 0.05) is 44.0 Å². The zero-order valence-corrected chi connectivity index (χ0v) is 19.8. The minimum atomic E-state index is 0. The number of rotatable bonds is 7. The summed E-state index contributed by atoms with van der Waals surface area (Å²) >= 11 is 1.70. The van der Waals surface area contributed by atoms with Crippen LogP contribution in [0, 0.1) is 12.8 Å². The molecule has 5 nitrogen and oxygen atoms in total. The van der Waals surface area contributed by atoms with E-state index in [2.05, 4.69) is 58.3 Å². The molecular weight excluding hydrogens is 483 g/mol. The van der Waals surface area contributed by atoms with Crippen molar-refractivity contribution < 1.29 is 4.74 Å². The number of guanidine groups is 1. The predicted octanol–water partition coefficient (Wildman–Crippen LogP) is 4.34. The lowest BCUT2D eigenvalue weighted by Gasteiger charge is -2.31. The predicted molar refractivity (Wildman–Crippen MR) is 128 cm³/mol.